The molecular weight excluding hydrogens is 422 g/mol. The standard InChI is InChI=1S/C29H25N3O2/c1-2-32-26-14-8-6-12-23(26)25-18-22(16-17-27(25)32)19-30-31-29(33)24-13-7-9-15-28(24)34-20-21-10-4-3-5-11-21/h3-19H,2,20H2,1H3,(H,31,33)/b30-19+. The van der Waals surface area contributed by atoms with Crippen molar-refractivity contribution >= 4 is 33.9 Å². The van der Waals surface area contributed by atoms with E-state index in [0.29, 0.717) is 17.9 Å². The van der Waals surface area contributed by atoms with E-state index in [1.807, 2.05) is 48.5 Å². The summed E-state index contributed by atoms with van der Waals surface area (Å²) < 4.78 is 8.20. The zero-order valence-corrected chi connectivity index (χ0v) is 18.9. The van der Waals surface area contributed by atoms with E-state index in [1.165, 1.54) is 21.8 Å². The Morgan fingerprint density at radius 1 is 0.882 bits per heavy atom. The van der Waals surface area contributed by atoms with Crippen LogP contribution < -0.4 is 10.2 Å². The predicted octanol–water partition coefficient (Wildman–Crippen LogP) is 6.16. The van der Waals surface area contributed by atoms with Crippen LogP contribution >= 0.6 is 0 Å². The zero-order chi connectivity index (χ0) is 23.3. The van der Waals surface area contributed by atoms with Crippen LogP contribution in [0.3, 0.4) is 0 Å². The number of hydrazone groups is 1. The molecule has 0 aliphatic rings. The summed E-state index contributed by atoms with van der Waals surface area (Å²) in [5.74, 6) is 0.205. The van der Waals surface area contributed by atoms with Crippen molar-refractivity contribution in [2.24, 2.45) is 5.10 Å². The van der Waals surface area contributed by atoms with E-state index in [1.54, 1.807) is 18.3 Å². The first-order valence-corrected chi connectivity index (χ1v) is 11.3. The molecule has 1 heterocycles. The number of carbonyl (C=O) groups is 1. The number of aromatic nitrogens is 1. The molecule has 0 aliphatic heterocycles. The maximum absolute atomic E-state index is 12.8. The molecule has 168 valence electrons. The molecule has 34 heavy (non-hydrogen) atoms. The third-order valence-electron chi connectivity index (χ3n) is 5.86. The van der Waals surface area contributed by atoms with Gasteiger partial charge in [-0.25, -0.2) is 5.43 Å². The average molecular weight is 448 g/mol. The molecule has 0 unspecified atom stereocenters. The molecule has 1 aromatic heterocycles. The van der Waals surface area contributed by atoms with Crippen LogP contribution in [-0.2, 0) is 13.2 Å². The lowest BCUT2D eigenvalue weighted by Gasteiger charge is -2.10. The van der Waals surface area contributed by atoms with Crippen molar-refractivity contribution in [1.82, 2.24) is 9.99 Å². The number of para-hydroxylation sites is 2. The van der Waals surface area contributed by atoms with Gasteiger partial charge in [0.25, 0.3) is 5.91 Å². The van der Waals surface area contributed by atoms with E-state index in [2.05, 4.69) is 58.4 Å². The van der Waals surface area contributed by atoms with Crippen LogP contribution in [0.1, 0.15) is 28.4 Å². The Morgan fingerprint density at radius 3 is 2.47 bits per heavy atom. The molecule has 0 bridgehead atoms. The van der Waals surface area contributed by atoms with Crippen molar-refractivity contribution in [2.45, 2.75) is 20.1 Å². The van der Waals surface area contributed by atoms with Crippen LogP contribution in [-0.4, -0.2) is 16.7 Å². The van der Waals surface area contributed by atoms with Crippen LogP contribution in [0, 0.1) is 0 Å². The Morgan fingerprint density at radius 2 is 1.62 bits per heavy atom. The van der Waals surface area contributed by atoms with Gasteiger partial charge in [0.1, 0.15) is 12.4 Å². The van der Waals surface area contributed by atoms with Gasteiger partial charge in [-0.2, -0.15) is 5.10 Å². The summed E-state index contributed by atoms with van der Waals surface area (Å²) in [6, 6.07) is 31.7. The van der Waals surface area contributed by atoms with Crippen molar-refractivity contribution in [3.8, 4) is 5.75 Å². The van der Waals surface area contributed by atoms with Crippen LogP contribution in [0.4, 0.5) is 0 Å². The Bertz CT molecular complexity index is 1490. The van der Waals surface area contributed by atoms with E-state index in [-0.39, 0.29) is 5.91 Å². The molecule has 0 saturated heterocycles. The lowest BCUT2D eigenvalue weighted by Crippen LogP contribution is -2.18. The molecule has 1 amide bonds. The van der Waals surface area contributed by atoms with Crippen LogP contribution in [0.2, 0.25) is 0 Å². The van der Waals surface area contributed by atoms with Gasteiger partial charge in [-0.1, -0.05) is 66.7 Å². The molecule has 0 atom stereocenters. The van der Waals surface area contributed by atoms with E-state index in [0.717, 1.165) is 17.7 Å². The molecule has 4 aromatic carbocycles. The third-order valence-corrected chi connectivity index (χ3v) is 5.86. The highest BCUT2D eigenvalue weighted by molar-refractivity contribution is 6.09. The average Bonchev–Trinajstić information content (AvgIpc) is 3.21. The maximum atomic E-state index is 12.8. The number of carbonyl (C=O) groups excluding carboxylic acids is 1. The monoisotopic (exact) mass is 447 g/mol. The number of fused-ring (bicyclic) bond motifs is 3. The van der Waals surface area contributed by atoms with E-state index in [4.69, 9.17) is 4.74 Å². The van der Waals surface area contributed by atoms with Gasteiger partial charge in [0.15, 0.2) is 0 Å². The predicted molar refractivity (Wildman–Crippen MR) is 137 cm³/mol. The molecule has 5 aromatic rings. The number of hydrogen-bond acceptors (Lipinski definition) is 3. The van der Waals surface area contributed by atoms with Gasteiger partial charge in [0.2, 0.25) is 0 Å². The molecular formula is C29H25N3O2. The van der Waals surface area contributed by atoms with Gasteiger partial charge in [0.05, 0.1) is 11.8 Å². The van der Waals surface area contributed by atoms with Crippen molar-refractivity contribution < 1.29 is 9.53 Å². The zero-order valence-electron chi connectivity index (χ0n) is 18.9. The number of rotatable bonds is 7. The molecule has 0 fully saturated rings. The number of benzene rings is 4. The second-order valence-corrected chi connectivity index (χ2v) is 8.01. The van der Waals surface area contributed by atoms with Crippen LogP contribution in [0.15, 0.2) is 102 Å². The van der Waals surface area contributed by atoms with Gasteiger partial charge in [-0.15, -0.1) is 0 Å². The molecule has 5 heteroatoms. The van der Waals surface area contributed by atoms with Crippen molar-refractivity contribution in [2.75, 3.05) is 0 Å². The Kier molecular flexibility index (Phi) is 6.08. The minimum absolute atomic E-state index is 0.316. The first-order chi connectivity index (χ1) is 16.7. The quantitative estimate of drug-likeness (QED) is 0.240. The summed E-state index contributed by atoms with van der Waals surface area (Å²) >= 11 is 0. The Balaban J connectivity index is 1.33. The highest BCUT2D eigenvalue weighted by Gasteiger charge is 2.12. The molecule has 0 radical (unpaired) electrons. The number of aryl methyl sites for hydroxylation is 1. The summed E-state index contributed by atoms with van der Waals surface area (Å²) in [6.45, 7) is 3.44. The van der Waals surface area contributed by atoms with Crippen molar-refractivity contribution in [3.63, 3.8) is 0 Å². The second-order valence-electron chi connectivity index (χ2n) is 8.01. The fourth-order valence-electron chi connectivity index (χ4n) is 4.23. The minimum atomic E-state index is -0.316. The highest BCUT2D eigenvalue weighted by atomic mass is 16.5. The van der Waals surface area contributed by atoms with Crippen LogP contribution in [0.25, 0.3) is 21.8 Å². The Hall–Kier alpha value is -4.38. The number of hydrogen-bond donors (Lipinski definition) is 1. The van der Waals surface area contributed by atoms with E-state index < -0.39 is 0 Å². The molecule has 5 nitrogen and oxygen atoms in total. The maximum Gasteiger partial charge on any atom is 0.275 e. The van der Waals surface area contributed by atoms with Crippen LogP contribution in [0.5, 0.6) is 5.75 Å². The summed E-state index contributed by atoms with van der Waals surface area (Å²) in [5.41, 5.74) is 7.44. The molecule has 5 rings (SSSR count). The van der Waals surface area contributed by atoms with Gasteiger partial charge in [-0.3, -0.25) is 4.79 Å². The lowest BCUT2D eigenvalue weighted by atomic mass is 10.1. The van der Waals surface area contributed by atoms with Crippen molar-refractivity contribution in [3.05, 3.63) is 114 Å². The summed E-state index contributed by atoms with van der Waals surface area (Å²) in [6.07, 6.45) is 1.67. The first-order valence-electron chi connectivity index (χ1n) is 11.3. The lowest BCUT2D eigenvalue weighted by molar-refractivity contribution is 0.0950. The van der Waals surface area contributed by atoms with Gasteiger partial charge in [0, 0.05) is 28.4 Å². The summed E-state index contributed by atoms with van der Waals surface area (Å²) in [4.78, 5) is 12.8. The SMILES string of the molecule is CCn1c2ccccc2c2cc(/C=N/NC(=O)c3ccccc3OCc3ccccc3)ccc21. The number of amides is 1. The third kappa shape index (κ3) is 4.28. The summed E-state index contributed by atoms with van der Waals surface area (Å²) in [7, 11) is 0. The Labute approximate surface area is 198 Å². The highest BCUT2D eigenvalue weighted by Crippen LogP contribution is 2.29. The summed E-state index contributed by atoms with van der Waals surface area (Å²) in [5, 5.41) is 6.59. The minimum Gasteiger partial charge on any atom is -0.488 e. The first kappa shape index (κ1) is 21.5. The van der Waals surface area contributed by atoms with E-state index >= 15 is 0 Å². The van der Waals surface area contributed by atoms with Gasteiger partial charge >= 0.3 is 0 Å². The molecule has 1 N–H and O–H groups in total. The normalized spacial score (nSPS) is 11.3. The number of nitrogens with zero attached hydrogens (tertiary/aromatic N) is 2. The molecule has 0 spiro atoms. The fourth-order valence-corrected chi connectivity index (χ4v) is 4.23. The van der Waals surface area contributed by atoms with E-state index in [9.17, 15) is 4.79 Å². The van der Waals surface area contributed by atoms with Gasteiger partial charge < -0.3 is 9.30 Å². The largest absolute Gasteiger partial charge is 0.488 e. The fraction of sp³-hybridized carbons (Fsp3) is 0.103. The van der Waals surface area contributed by atoms with Crippen molar-refractivity contribution in [1.29, 1.82) is 0 Å². The molecule has 0 saturated carbocycles. The number of nitrogens with one attached hydrogen (secondary N) is 1. The second kappa shape index (κ2) is 9.63. The number of ether oxygens (including phenoxy) is 1. The van der Waals surface area contributed by atoms with Gasteiger partial charge in [-0.05, 0) is 48.4 Å². The smallest absolute Gasteiger partial charge is 0.275 e. The molecule has 0 aliphatic carbocycles. The topological polar surface area (TPSA) is 55.6 Å².